The molecule has 1 aromatic rings. The van der Waals surface area contributed by atoms with Crippen molar-refractivity contribution in [2.45, 2.75) is 6.92 Å². The predicted molar refractivity (Wildman–Crippen MR) is 62.3 cm³/mol. The summed E-state index contributed by atoms with van der Waals surface area (Å²) in [5, 5.41) is 15.2. The molecule has 2 atom stereocenters. The summed E-state index contributed by atoms with van der Waals surface area (Å²) in [4.78, 5) is 11.9. The van der Waals surface area contributed by atoms with Gasteiger partial charge in [-0.05, 0) is 36.7 Å². The number of phenolic OH excluding ortho intramolecular Hbond substituents is 1. The van der Waals surface area contributed by atoms with Gasteiger partial charge in [-0.2, -0.15) is 0 Å². The predicted octanol–water partition coefficient (Wildman–Crippen LogP) is 1.19. The van der Waals surface area contributed by atoms with Crippen molar-refractivity contribution in [1.82, 2.24) is 5.32 Å². The van der Waals surface area contributed by atoms with Crippen molar-refractivity contribution in [3.63, 3.8) is 0 Å². The fourth-order valence-electron chi connectivity index (χ4n) is 1.94. The quantitative estimate of drug-likeness (QED) is 0.656. The van der Waals surface area contributed by atoms with Crippen LogP contribution in [0.15, 0.2) is 24.3 Å². The number of aromatic hydroxyl groups is 1. The minimum absolute atomic E-state index is 0.0359. The van der Waals surface area contributed by atoms with Gasteiger partial charge in [0.05, 0.1) is 5.92 Å². The Morgan fingerprint density at radius 1 is 1.38 bits per heavy atom. The van der Waals surface area contributed by atoms with E-state index < -0.39 is 0 Å². The number of benzene rings is 1. The molecule has 2 unspecified atom stereocenters. The number of carbonyl (C=O) groups excluding carboxylic acids is 1. The van der Waals surface area contributed by atoms with Gasteiger partial charge in [-0.15, -0.1) is 0 Å². The van der Waals surface area contributed by atoms with Crippen molar-refractivity contribution < 1.29 is 9.90 Å². The van der Waals surface area contributed by atoms with E-state index in [1.54, 1.807) is 24.3 Å². The number of hydrogen-bond donors (Lipinski definition) is 3. The van der Waals surface area contributed by atoms with Crippen molar-refractivity contribution in [1.29, 1.82) is 0 Å². The molecule has 1 heterocycles. The molecule has 1 aliphatic rings. The molecule has 0 spiro atoms. The molecule has 1 amide bonds. The monoisotopic (exact) mass is 220 g/mol. The summed E-state index contributed by atoms with van der Waals surface area (Å²) in [6.45, 7) is 3.71. The van der Waals surface area contributed by atoms with Gasteiger partial charge in [-0.1, -0.05) is 6.92 Å². The third-order valence-corrected chi connectivity index (χ3v) is 2.99. The van der Waals surface area contributed by atoms with E-state index >= 15 is 0 Å². The fourth-order valence-corrected chi connectivity index (χ4v) is 1.94. The van der Waals surface area contributed by atoms with Gasteiger partial charge in [0.2, 0.25) is 5.91 Å². The zero-order chi connectivity index (χ0) is 11.5. The molecule has 86 valence electrons. The second-order valence-electron chi connectivity index (χ2n) is 4.28. The maximum atomic E-state index is 11.9. The Hall–Kier alpha value is -1.55. The molecule has 0 aliphatic carbocycles. The summed E-state index contributed by atoms with van der Waals surface area (Å²) in [6.07, 6.45) is 0. The average molecular weight is 220 g/mol. The van der Waals surface area contributed by atoms with Crippen molar-refractivity contribution in [2.24, 2.45) is 11.8 Å². The molecular formula is C12H16N2O2. The van der Waals surface area contributed by atoms with Crippen molar-refractivity contribution in [2.75, 3.05) is 18.4 Å². The van der Waals surface area contributed by atoms with Crippen LogP contribution < -0.4 is 10.6 Å². The molecule has 3 N–H and O–H groups in total. The average Bonchev–Trinajstić information content (AvgIpc) is 2.68. The third-order valence-electron chi connectivity index (χ3n) is 2.99. The molecule has 16 heavy (non-hydrogen) atoms. The van der Waals surface area contributed by atoms with Crippen LogP contribution in [0.2, 0.25) is 0 Å². The topological polar surface area (TPSA) is 61.4 Å². The van der Waals surface area contributed by atoms with Crippen LogP contribution in [0, 0.1) is 11.8 Å². The molecule has 0 radical (unpaired) electrons. The Morgan fingerprint density at radius 3 is 2.62 bits per heavy atom. The smallest absolute Gasteiger partial charge is 0.229 e. The van der Waals surface area contributed by atoms with E-state index in [2.05, 4.69) is 17.6 Å². The standard InChI is InChI=1S/C12H16N2O2/c1-8-6-13-7-11(8)12(16)14-9-2-4-10(15)5-3-9/h2-5,8,11,13,15H,6-7H2,1H3,(H,14,16). The highest BCUT2D eigenvalue weighted by atomic mass is 16.3. The first-order valence-electron chi connectivity index (χ1n) is 5.47. The molecule has 0 saturated carbocycles. The number of phenols is 1. The Bertz CT molecular complexity index is 375. The van der Waals surface area contributed by atoms with Crippen LogP contribution in [-0.2, 0) is 4.79 Å². The Labute approximate surface area is 94.7 Å². The molecule has 1 saturated heterocycles. The van der Waals surface area contributed by atoms with Crippen LogP contribution in [0.25, 0.3) is 0 Å². The molecule has 2 rings (SSSR count). The Balaban J connectivity index is 1.99. The highest BCUT2D eigenvalue weighted by molar-refractivity contribution is 5.93. The van der Waals surface area contributed by atoms with Gasteiger partial charge < -0.3 is 15.7 Å². The molecular weight excluding hydrogens is 204 g/mol. The molecule has 1 fully saturated rings. The Morgan fingerprint density at radius 2 is 2.06 bits per heavy atom. The minimum Gasteiger partial charge on any atom is -0.508 e. The maximum absolute atomic E-state index is 11.9. The second kappa shape index (κ2) is 4.53. The van der Waals surface area contributed by atoms with Crippen LogP contribution in [0.1, 0.15) is 6.92 Å². The first-order chi connectivity index (χ1) is 7.66. The summed E-state index contributed by atoms with van der Waals surface area (Å²) in [5.41, 5.74) is 0.724. The number of carbonyl (C=O) groups is 1. The zero-order valence-corrected chi connectivity index (χ0v) is 9.23. The largest absolute Gasteiger partial charge is 0.508 e. The highest BCUT2D eigenvalue weighted by Gasteiger charge is 2.29. The number of nitrogens with one attached hydrogen (secondary N) is 2. The lowest BCUT2D eigenvalue weighted by Crippen LogP contribution is -2.27. The fraction of sp³-hybridized carbons (Fsp3) is 0.417. The van der Waals surface area contributed by atoms with Gasteiger partial charge in [0.25, 0.3) is 0 Å². The molecule has 0 aromatic heterocycles. The van der Waals surface area contributed by atoms with Gasteiger partial charge in [-0.3, -0.25) is 4.79 Å². The lowest BCUT2D eigenvalue weighted by molar-refractivity contribution is -0.120. The third kappa shape index (κ3) is 2.33. The van der Waals surface area contributed by atoms with Crippen LogP contribution >= 0.6 is 0 Å². The van der Waals surface area contributed by atoms with E-state index in [4.69, 9.17) is 5.11 Å². The second-order valence-corrected chi connectivity index (χ2v) is 4.28. The van der Waals surface area contributed by atoms with Crippen LogP contribution in [-0.4, -0.2) is 24.1 Å². The summed E-state index contributed by atoms with van der Waals surface area (Å²) >= 11 is 0. The molecule has 4 nitrogen and oxygen atoms in total. The lowest BCUT2D eigenvalue weighted by atomic mass is 9.97. The van der Waals surface area contributed by atoms with Crippen LogP contribution in [0.3, 0.4) is 0 Å². The molecule has 0 bridgehead atoms. The minimum atomic E-state index is 0.0359. The van der Waals surface area contributed by atoms with E-state index in [-0.39, 0.29) is 17.6 Å². The van der Waals surface area contributed by atoms with E-state index in [0.29, 0.717) is 5.92 Å². The first kappa shape index (κ1) is 11.0. The summed E-state index contributed by atoms with van der Waals surface area (Å²) in [7, 11) is 0. The van der Waals surface area contributed by atoms with E-state index in [9.17, 15) is 4.79 Å². The maximum Gasteiger partial charge on any atom is 0.229 e. The van der Waals surface area contributed by atoms with Gasteiger partial charge in [0.1, 0.15) is 5.75 Å². The SMILES string of the molecule is CC1CNCC1C(=O)Nc1ccc(O)cc1. The molecule has 4 heteroatoms. The normalized spacial score (nSPS) is 24.3. The molecule has 1 aliphatic heterocycles. The van der Waals surface area contributed by atoms with E-state index in [1.165, 1.54) is 0 Å². The van der Waals surface area contributed by atoms with Gasteiger partial charge in [-0.25, -0.2) is 0 Å². The Kier molecular flexibility index (Phi) is 3.10. The lowest BCUT2D eigenvalue weighted by Gasteiger charge is -2.14. The van der Waals surface area contributed by atoms with E-state index in [1.807, 2.05) is 0 Å². The summed E-state index contributed by atoms with van der Waals surface area (Å²) in [5.74, 6) is 0.656. The van der Waals surface area contributed by atoms with E-state index in [0.717, 1.165) is 18.8 Å². The van der Waals surface area contributed by atoms with Crippen LogP contribution in [0.4, 0.5) is 5.69 Å². The van der Waals surface area contributed by atoms with Gasteiger partial charge in [0.15, 0.2) is 0 Å². The zero-order valence-electron chi connectivity index (χ0n) is 9.23. The molecule has 1 aromatic carbocycles. The highest BCUT2D eigenvalue weighted by Crippen LogP contribution is 2.19. The van der Waals surface area contributed by atoms with Gasteiger partial charge in [0, 0.05) is 12.2 Å². The van der Waals surface area contributed by atoms with Crippen molar-refractivity contribution in [3.8, 4) is 5.75 Å². The number of rotatable bonds is 2. The summed E-state index contributed by atoms with van der Waals surface area (Å²) in [6, 6.07) is 6.51. The first-order valence-corrected chi connectivity index (χ1v) is 5.47. The number of hydrogen-bond acceptors (Lipinski definition) is 3. The number of anilines is 1. The number of amides is 1. The van der Waals surface area contributed by atoms with Gasteiger partial charge >= 0.3 is 0 Å². The van der Waals surface area contributed by atoms with Crippen molar-refractivity contribution >= 4 is 11.6 Å². The van der Waals surface area contributed by atoms with Crippen LogP contribution in [0.5, 0.6) is 5.75 Å². The summed E-state index contributed by atoms with van der Waals surface area (Å²) < 4.78 is 0. The van der Waals surface area contributed by atoms with Crippen molar-refractivity contribution in [3.05, 3.63) is 24.3 Å².